The Balaban J connectivity index is 1.02. The molecule has 10 nitrogen and oxygen atoms in total. The van der Waals surface area contributed by atoms with Gasteiger partial charge in [-0.25, -0.2) is 9.59 Å². The molecule has 2 aromatic carbocycles. The third-order valence-electron chi connectivity index (χ3n) is 10.9. The van der Waals surface area contributed by atoms with Gasteiger partial charge in [0.15, 0.2) is 0 Å². The molecule has 2 aromatic rings. The Bertz CT molecular complexity index is 1310. The van der Waals surface area contributed by atoms with E-state index in [4.69, 9.17) is 28.4 Å². The fourth-order valence-electron chi connectivity index (χ4n) is 7.59. The van der Waals surface area contributed by atoms with Crippen molar-refractivity contribution < 1.29 is 47.6 Å². The molecule has 0 aliphatic heterocycles. The van der Waals surface area contributed by atoms with Crippen molar-refractivity contribution in [1.29, 1.82) is 0 Å². The molecule has 0 aromatic heterocycles. The molecule has 56 heavy (non-hydrogen) atoms. The average Bonchev–Trinajstić information content (AvgIpc) is 3.21. The van der Waals surface area contributed by atoms with Crippen molar-refractivity contribution in [3.63, 3.8) is 0 Å². The van der Waals surface area contributed by atoms with Crippen molar-refractivity contribution in [2.24, 2.45) is 11.8 Å². The number of unbranched alkanes of at least 4 members (excludes halogenated alkanes) is 6. The minimum Gasteiger partial charge on any atom is -0.494 e. The van der Waals surface area contributed by atoms with Crippen LogP contribution in [0.15, 0.2) is 48.5 Å². The summed E-state index contributed by atoms with van der Waals surface area (Å²) in [6.07, 6.45) is 17.8. The van der Waals surface area contributed by atoms with Gasteiger partial charge in [-0.2, -0.15) is 0 Å². The van der Waals surface area contributed by atoms with E-state index in [0.717, 1.165) is 127 Å². The Morgan fingerprint density at radius 2 is 0.804 bits per heavy atom. The summed E-state index contributed by atoms with van der Waals surface area (Å²) in [5.41, 5.74) is 1.08. The molecule has 2 aliphatic rings. The van der Waals surface area contributed by atoms with Gasteiger partial charge in [-0.1, -0.05) is 13.8 Å². The second-order valence-electron chi connectivity index (χ2n) is 15.4. The minimum absolute atomic E-state index is 0.0570. The van der Waals surface area contributed by atoms with Gasteiger partial charge in [-0.05, 0) is 176 Å². The first-order valence-electron chi connectivity index (χ1n) is 21.5. The number of hydrogen-bond donors (Lipinski definition) is 0. The first kappa shape index (κ1) is 44.6. The van der Waals surface area contributed by atoms with Gasteiger partial charge in [-0.15, -0.1) is 0 Å². The zero-order chi connectivity index (χ0) is 39.8. The summed E-state index contributed by atoms with van der Waals surface area (Å²) >= 11 is 0. The average molecular weight is 779 g/mol. The molecule has 0 atom stereocenters. The van der Waals surface area contributed by atoms with Crippen LogP contribution in [0.4, 0.5) is 0 Å². The third-order valence-corrected chi connectivity index (χ3v) is 10.9. The maximum absolute atomic E-state index is 12.9. The lowest BCUT2D eigenvalue weighted by molar-refractivity contribution is -0.144. The predicted molar refractivity (Wildman–Crippen MR) is 215 cm³/mol. The summed E-state index contributed by atoms with van der Waals surface area (Å²) in [4.78, 5) is 48.6. The van der Waals surface area contributed by atoms with Crippen LogP contribution in [0.25, 0.3) is 0 Å². The van der Waals surface area contributed by atoms with Crippen molar-refractivity contribution in [2.45, 2.75) is 154 Å². The third kappa shape index (κ3) is 17.0. The van der Waals surface area contributed by atoms with E-state index in [9.17, 15) is 19.2 Å². The van der Waals surface area contributed by atoms with Crippen LogP contribution < -0.4 is 9.47 Å². The Labute approximate surface area is 334 Å². The number of hydrogen-bond acceptors (Lipinski definition) is 10. The molecule has 0 heterocycles. The number of carbonyl (C=O) groups excluding carboxylic acids is 4. The van der Waals surface area contributed by atoms with E-state index in [1.165, 1.54) is 0 Å². The van der Waals surface area contributed by atoms with Crippen LogP contribution in [0.2, 0.25) is 0 Å². The first-order chi connectivity index (χ1) is 27.3. The molecule has 0 unspecified atom stereocenters. The highest BCUT2D eigenvalue weighted by Gasteiger charge is 2.33. The summed E-state index contributed by atoms with van der Waals surface area (Å²) < 4.78 is 33.9. The molecule has 2 saturated carbocycles. The second kappa shape index (κ2) is 26.0. The second-order valence-corrected chi connectivity index (χ2v) is 15.4. The molecule has 2 aliphatic carbocycles. The fraction of sp³-hybridized carbons (Fsp3) is 0.652. The standard InChI is InChI=1S/C46H66O10/c1-3-13-43(47)53-33-11-7-5-9-31-51-39-23-19-37(20-24-39)45(49)55-41-27-15-35(16-28-41)36-17-29-42(30-18-36)56-46(50)38-21-25-40(26-22-38)52-32-10-6-8-12-34-54-44(48)14-4-2/h19-26,35-36,41-42H,3-18,27-34H2,1-2H3. The van der Waals surface area contributed by atoms with Crippen LogP contribution in [-0.2, 0) is 28.5 Å². The van der Waals surface area contributed by atoms with E-state index in [-0.39, 0.29) is 36.1 Å². The molecule has 0 spiro atoms. The summed E-state index contributed by atoms with van der Waals surface area (Å²) in [5.74, 6) is 1.91. The first-order valence-corrected chi connectivity index (χ1v) is 21.5. The van der Waals surface area contributed by atoms with Crippen molar-refractivity contribution in [2.75, 3.05) is 26.4 Å². The predicted octanol–water partition coefficient (Wildman–Crippen LogP) is 10.4. The lowest BCUT2D eigenvalue weighted by Crippen LogP contribution is -2.32. The molecular weight excluding hydrogens is 712 g/mol. The van der Waals surface area contributed by atoms with Crippen LogP contribution in [0, 0.1) is 11.8 Å². The van der Waals surface area contributed by atoms with Gasteiger partial charge in [0.25, 0.3) is 0 Å². The van der Waals surface area contributed by atoms with Gasteiger partial charge in [0, 0.05) is 12.8 Å². The Morgan fingerprint density at radius 1 is 0.464 bits per heavy atom. The summed E-state index contributed by atoms with van der Waals surface area (Å²) in [6, 6.07) is 14.4. The summed E-state index contributed by atoms with van der Waals surface area (Å²) in [6.45, 7) is 6.11. The van der Waals surface area contributed by atoms with E-state index in [0.29, 0.717) is 62.2 Å². The quantitative estimate of drug-likeness (QED) is 0.0546. The molecule has 0 radical (unpaired) electrons. The van der Waals surface area contributed by atoms with Gasteiger partial charge >= 0.3 is 23.9 Å². The van der Waals surface area contributed by atoms with E-state index < -0.39 is 0 Å². The van der Waals surface area contributed by atoms with Gasteiger partial charge in [-0.3, -0.25) is 9.59 Å². The number of ether oxygens (including phenoxy) is 6. The molecular formula is C46H66O10. The molecule has 0 bridgehead atoms. The SMILES string of the molecule is CCCC(=O)OCCCCCCOc1ccc(C(=O)OC2CCC(C3CCC(OC(=O)c4ccc(OCCCCCCOC(=O)CCC)cc4)CC3)CC2)cc1. The molecule has 0 amide bonds. The topological polar surface area (TPSA) is 124 Å². The van der Waals surface area contributed by atoms with Crippen LogP contribution in [0.3, 0.4) is 0 Å². The monoisotopic (exact) mass is 778 g/mol. The Hall–Kier alpha value is -4.08. The number of rotatable bonds is 25. The minimum atomic E-state index is -0.282. The highest BCUT2D eigenvalue weighted by atomic mass is 16.6. The maximum Gasteiger partial charge on any atom is 0.338 e. The van der Waals surface area contributed by atoms with Crippen LogP contribution >= 0.6 is 0 Å². The highest BCUT2D eigenvalue weighted by Crippen LogP contribution is 2.40. The van der Waals surface area contributed by atoms with Crippen molar-refractivity contribution in [1.82, 2.24) is 0 Å². The van der Waals surface area contributed by atoms with E-state index in [1.807, 2.05) is 38.1 Å². The van der Waals surface area contributed by atoms with E-state index >= 15 is 0 Å². The molecule has 310 valence electrons. The van der Waals surface area contributed by atoms with Crippen molar-refractivity contribution in [3.8, 4) is 11.5 Å². The Kier molecular flexibility index (Phi) is 20.7. The van der Waals surface area contributed by atoms with Crippen molar-refractivity contribution >= 4 is 23.9 Å². The van der Waals surface area contributed by atoms with Crippen LogP contribution in [0.1, 0.15) is 163 Å². The lowest BCUT2D eigenvalue weighted by Gasteiger charge is -2.37. The number of carbonyl (C=O) groups is 4. The van der Waals surface area contributed by atoms with Gasteiger partial charge in [0.05, 0.1) is 37.6 Å². The summed E-state index contributed by atoms with van der Waals surface area (Å²) in [7, 11) is 0. The normalized spacial score (nSPS) is 19.4. The largest absolute Gasteiger partial charge is 0.494 e. The van der Waals surface area contributed by atoms with Crippen LogP contribution in [0.5, 0.6) is 11.5 Å². The van der Waals surface area contributed by atoms with Gasteiger partial charge in [0.2, 0.25) is 0 Å². The zero-order valence-electron chi connectivity index (χ0n) is 34.0. The maximum atomic E-state index is 12.9. The molecule has 2 fully saturated rings. The highest BCUT2D eigenvalue weighted by molar-refractivity contribution is 5.90. The Morgan fingerprint density at radius 3 is 1.14 bits per heavy atom. The van der Waals surface area contributed by atoms with E-state index in [2.05, 4.69) is 0 Å². The van der Waals surface area contributed by atoms with Crippen LogP contribution in [-0.4, -0.2) is 62.5 Å². The lowest BCUT2D eigenvalue weighted by atomic mass is 9.72. The number of benzene rings is 2. The fourth-order valence-corrected chi connectivity index (χ4v) is 7.59. The summed E-state index contributed by atoms with van der Waals surface area (Å²) in [5, 5.41) is 0. The van der Waals surface area contributed by atoms with Gasteiger partial charge < -0.3 is 28.4 Å². The van der Waals surface area contributed by atoms with Gasteiger partial charge in [0.1, 0.15) is 23.7 Å². The van der Waals surface area contributed by atoms with Crippen molar-refractivity contribution in [3.05, 3.63) is 59.7 Å². The zero-order valence-corrected chi connectivity index (χ0v) is 34.0. The number of esters is 4. The molecule has 0 saturated heterocycles. The molecule has 10 heteroatoms. The smallest absolute Gasteiger partial charge is 0.338 e. The molecule has 0 N–H and O–H groups in total. The van der Waals surface area contributed by atoms with E-state index in [1.54, 1.807) is 24.3 Å². The molecule has 4 rings (SSSR count).